The fraction of sp³-hybridized carbons (Fsp3) is 0.500. The largest absolute Gasteiger partial charge is 0.489 e. The van der Waals surface area contributed by atoms with E-state index < -0.39 is 5.60 Å². The van der Waals surface area contributed by atoms with Crippen molar-refractivity contribution in [3.63, 3.8) is 0 Å². The number of hydrogen-bond acceptors (Lipinski definition) is 4. The zero-order valence-electron chi connectivity index (χ0n) is 11.0. The topological polar surface area (TPSA) is 61.8 Å². The number of carbonyl (C=O) groups is 1. The third-order valence-corrected chi connectivity index (χ3v) is 3.65. The number of rotatable bonds is 1. The molecule has 0 bridgehead atoms. The first-order valence-corrected chi connectivity index (χ1v) is 6.58. The Bertz CT molecular complexity index is 513. The van der Waals surface area contributed by atoms with Crippen LogP contribution in [0.1, 0.15) is 23.7 Å². The summed E-state index contributed by atoms with van der Waals surface area (Å²) in [4.78, 5) is 14.2. The van der Waals surface area contributed by atoms with E-state index in [-0.39, 0.29) is 5.91 Å². The van der Waals surface area contributed by atoms with E-state index in [1.165, 1.54) is 0 Å². The van der Waals surface area contributed by atoms with Crippen molar-refractivity contribution in [2.45, 2.75) is 18.9 Å². The predicted octanol–water partition coefficient (Wildman–Crippen LogP) is 1.09. The average Bonchev–Trinajstić information content (AvgIpc) is 2.78. The summed E-state index contributed by atoms with van der Waals surface area (Å²) < 4.78 is 5.61. The molecule has 1 aromatic carbocycles. The van der Waals surface area contributed by atoms with Crippen LogP contribution in [0.5, 0.6) is 5.75 Å². The lowest BCUT2D eigenvalue weighted by Gasteiger charge is -2.24. The van der Waals surface area contributed by atoms with Crippen LogP contribution in [0.2, 0.25) is 0 Å². The van der Waals surface area contributed by atoms with Crippen molar-refractivity contribution in [2.75, 3.05) is 31.6 Å². The normalized spacial score (nSPS) is 25.5. The molecule has 2 N–H and O–H groups in total. The molecule has 0 spiro atoms. The van der Waals surface area contributed by atoms with Gasteiger partial charge in [-0.05, 0) is 25.5 Å². The van der Waals surface area contributed by atoms with Crippen LogP contribution in [-0.4, -0.2) is 47.8 Å². The van der Waals surface area contributed by atoms with Gasteiger partial charge >= 0.3 is 0 Å². The second-order valence-electron chi connectivity index (χ2n) is 5.43. The van der Waals surface area contributed by atoms with Gasteiger partial charge < -0.3 is 20.1 Å². The summed E-state index contributed by atoms with van der Waals surface area (Å²) in [5, 5.41) is 13.2. The van der Waals surface area contributed by atoms with E-state index in [4.69, 9.17) is 4.74 Å². The van der Waals surface area contributed by atoms with E-state index in [1.807, 2.05) is 12.1 Å². The molecular formula is C14H18N2O3. The number of nitrogens with one attached hydrogen (secondary N) is 1. The van der Waals surface area contributed by atoms with Crippen LogP contribution < -0.4 is 10.1 Å². The number of aliphatic hydroxyl groups is 1. The molecule has 5 nitrogen and oxygen atoms in total. The lowest BCUT2D eigenvalue weighted by molar-refractivity contribution is 0.0570. The van der Waals surface area contributed by atoms with Crippen LogP contribution in [0.3, 0.4) is 0 Å². The number of anilines is 1. The van der Waals surface area contributed by atoms with E-state index in [0.29, 0.717) is 37.4 Å². The van der Waals surface area contributed by atoms with E-state index in [9.17, 15) is 9.90 Å². The molecule has 1 atom stereocenters. The molecule has 0 aromatic heterocycles. The highest BCUT2D eigenvalue weighted by Gasteiger charge is 2.35. The Morgan fingerprint density at radius 1 is 1.53 bits per heavy atom. The molecule has 1 unspecified atom stereocenters. The molecule has 0 saturated carbocycles. The zero-order valence-corrected chi connectivity index (χ0v) is 11.0. The Balaban J connectivity index is 1.88. The van der Waals surface area contributed by atoms with E-state index in [1.54, 1.807) is 17.9 Å². The first kappa shape index (κ1) is 12.3. The molecular weight excluding hydrogens is 244 g/mol. The van der Waals surface area contributed by atoms with E-state index in [0.717, 1.165) is 12.2 Å². The summed E-state index contributed by atoms with van der Waals surface area (Å²) in [6, 6.07) is 5.54. The predicted molar refractivity (Wildman–Crippen MR) is 71.6 cm³/mol. The van der Waals surface area contributed by atoms with Crippen molar-refractivity contribution in [1.29, 1.82) is 0 Å². The molecule has 2 aliphatic rings. The maximum atomic E-state index is 12.5. The lowest BCUT2D eigenvalue weighted by Crippen LogP contribution is -2.34. The average molecular weight is 262 g/mol. The summed E-state index contributed by atoms with van der Waals surface area (Å²) in [5.74, 6) is 0.559. The smallest absolute Gasteiger partial charge is 0.257 e. The number of nitrogens with zero attached hydrogens (tertiary/aromatic N) is 1. The minimum absolute atomic E-state index is 0.0710. The van der Waals surface area contributed by atoms with Gasteiger partial charge in [-0.3, -0.25) is 4.79 Å². The monoisotopic (exact) mass is 262 g/mol. The molecule has 3 rings (SSSR count). The standard InChI is InChI=1S/C14H18N2O3/c1-14(18)5-7-16(9-14)13(17)10-3-2-4-11-12(10)19-8-6-15-11/h2-4,15,18H,5-9H2,1H3. The van der Waals surface area contributed by atoms with Crippen molar-refractivity contribution >= 4 is 11.6 Å². The second kappa shape index (κ2) is 4.42. The number of β-amino-alcohol motifs (C(OH)–C–C–N with tert-alkyl or cyclic N) is 1. The molecule has 1 aromatic rings. The van der Waals surface area contributed by atoms with Gasteiger partial charge in [-0.2, -0.15) is 0 Å². The van der Waals surface area contributed by atoms with Crippen molar-refractivity contribution in [3.05, 3.63) is 23.8 Å². The highest BCUT2D eigenvalue weighted by atomic mass is 16.5. The maximum Gasteiger partial charge on any atom is 0.257 e. The Hall–Kier alpha value is -1.75. The number of likely N-dealkylation sites (tertiary alicyclic amines) is 1. The number of ether oxygens (including phenoxy) is 1. The van der Waals surface area contributed by atoms with Crippen molar-refractivity contribution in [2.24, 2.45) is 0 Å². The summed E-state index contributed by atoms with van der Waals surface area (Å²) in [6.45, 7) is 4.04. The molecule has 1 amide bonds. The highest BCUT2D eigenvalue weighted by molar-refractivity contribution is 5.99. The Labute approximate surface area is 112 Å². The van der Waals surface area contributed by atoms with Crippen molar-refractivity contribution in [3.8, 4) is 5.75 Å². The molecule has 1 fully saturated rings. The van der Waals surface area contributed by atoms with Gasteiger partial charge in [0.1, 0.15) is 6.61 Å². The summed E-state index contributed by atoms with van der Waals surface area (Å²) >= 11 is 0. The molecule has 0 radical (unpaired) electrons. The van der Waals surface area contributed by atoms with Crippen LogP contribution in [-0.2, 0) is 0 Å². The van der Waals surface area contributed by atoms with Gasteiger partial charge in [-0.25, -0.2) is 0 Å². The fourth-order valence-electron chi connectivity index (χ4n) is 2.63. The van der Waals surface area contributed by atoms with Gasteiger partial charge in [0.05, 0.1) is 16.9 Å². The molecule has 102 valence electrons. The van der Waals surface area contributed by atoms with Gasteiger partial charge in [-0.1, -0.05) is 6.07 Å². The van der Waals surface area contributed by atoms with Crippen molar-refractivity contribution in [1.82, 2.24) is 4.90 Å². The van der Waals surface area contributed by atoms with Crippen LogP contribution in [0, 0.1) is 0 Å². The second-order valence-corrected chi connectivity index (χ2v) is 5.43. The quantitative estimate of drug-likeness (QED) is 0.795. The maximum absolute atomic E-state index is 12.5. The number of benzene rings is 1. The summed E-state index contributed by atoms with van der Waals surface area (Å²) in [5.41, 5.74) is 0.661. The Morgan fingerprint density at radius 3 is 3.11 bits per heavy atom. The number of fused-ring (bicyclic) bond motifs is 1. The lowest BCUT2D eigenvalue weighted by atomic mass is 10.1. The van der Waals surface area contributed by atoms with Gasteiger partial charge in [-0.15, -0.1) is 0 Å². The van der Waals surface area contributed by atoms with Crippen LogP contribution >= 0.6 is 0 Å². The minimum atomic E-state index is -0.774. The zero-order chi connectivity index (χ0) is 13.5. The molecule has 2 heterocycles. The van der Waals surface area contributed by atoms with Crippen LogP contribution in [0.25, 0.3) is 0 Å². The first-order chi connectivity index (χ1) is 9.07. The van der Waals surface area contributed by atoms with Gasteiger partial charge in [0.2, 0.25) is 0 Å². The highest BCUT2D eigenvalue weighted by Crippen LogP contribution is 2.33. The van der Waals surface area contributed by atoms with Crippen LogP contribution in [0.15, 0.2) is 18.2 Å². The molecule has 2 aliphatic heterocycles. The van der Waals surface area contributed by atoms with Crippen molar-refractivity contribution < 1.29 is 14.6 Å². The summed E-state index contributed by atoms with van der Waals surface area (Å²) in [6.07, 6.45) is 0.618. The fourth-order valence-corrected chi connectivity index (χ4v) is 2.63. The van der Waals surface area contributed by atoms with Crippen LogP contribution in [0.4, 0.5) is 5.69 Å². The molecule has 1 saturated heterocycles. The Kier molecular flexibility index (Phi) is 2.86. The molecule has 19 heavy (non-hydrogen) atoms. The minimum Gasteiger partial charge on any atom is -0.489 e. The third-order valence-electron chi connectivity index (χ3n) is 3.65. The summed E-state index contributed by atoms with van der Waals surface area (Å²) in [7, 11) is 0. The SMILES string of the molecule is CC1(O)CCN(C(=O)c2cccc3c2OCCN3)C1. The first-order valence-electron chi connectivity index (χ1n) is 6.58. The number of carbonyl (C=O) groups excluding carboxylic acids is 1. The van der Waals surface area contributed by atoms with Gasteiger partial charge in [0.15, 0.2) is 5.75 Å². The van der Waals surface area contributed by atoms with Gasteiger partial charge in [0.25, 0.3) is 5.91 Å². The van der Waals surface area contributed by atoms with Gasteiger partial charge in [0, 0.05) is 19.6 Å². The number of hydrogen-bond donors (Lipinski definition) is 2. The Morgan fingerprint density at radius 2 is 2.37 bits per heavy atom. The number of para-hydroxylation sites is 1. The van der Waals surface area contributed by atoms with E-state index >= 15 is 0 Å². The molecule has 0 aliphatic carbocycles. The molecule has 5 heteroatoms. The van der Waals surface area contributed by atoms with E-state index in [2.05, 4.69) is 5.32 Å². The number of amides is 1. The third kappa shape index (κ3) is 2.26.